The van der Waals surface area contributed by atoms with E-state index in [-0.39, 0.29) is 0 Å². The second kappa shape index (κ2) is 5.24. The Kier molecular flexibility index (Phi) is 3.65. The van der Waals surface area contributed by atoms with Gasteiger partial charge in [0.15, 0.2) is 6.29 Å². The number of aromatic nitrogens is 3. The highest BCUT2D eigenvalue weighted by Gasteiger charge is 2.22. The number of ether oxygens (including phenoxy) is 1. The van der Waals surface area contributed by atoms with Crippen LogP contribution in [-0.4, -0.2) is 32.7 Å². The average Bonchev–Trinajstić information content (AvgIpc) is 2.85. The SMILES string of the molecule is CC(C)(C)OC(=O)n1nccc1-c1ncccc1C=O. The van der Waals surface area contributed by atoms with Gasteiger partial charge in [-0.1, -0.05) is 0 Å². The molecule has 0 aliphatic carbocycles. The first-order valence-corrected chi connectivity index (χ1v) is 6.10. The summed E-state index contributed by atoms with van der Waals surface area (Å²) in [5.41, 5.74) is 0.573. The number of hydrogen-bond acceptors (Lipinski definition) is 5. The Morgan fingerprint density at radius 3 is 2.70 bits per heavy atom. The molecule has 6 heteroatoms. The van der Waals surface area contributed by atoms with Crippen molar-refractivity contribution in [2.24, 2.45) is 0 Å². The summed E-state index contributed by atoms with van der Waals surface area (Å²) in [5.74, 6) is 0. The number of carbonyl (C=O) groups is 2. The van der Waals surface area contributed by atoms with Gasteiger partial charge in [0.05, 0.1) is 17.6 Å². The van der Waals surface area contributed by atoms with Gasteiger partial charge >= 0.3 is 6.09 Å². The minimum atomic E-state index is -0.627. The van der Waals surface area contributed by atoms with E-state index in [1.165, 1.54) is 6.20 Å². The Balaban J connectivity index is 2.43. The van der Waals surface area contributed by atoms with Gasteiger partial charge in [-0.15, -0.1) is 0 Å². The van der Waals surface area contributed by atoms with Crippen LogP contribution in [0.25, 0.3) is 11.4 Å². The summed E-state index contributed by atoms with van der Waals surface area (Å²) in [5, 5.41) is 3.94. The summed E-state index contributed by atoms with van der Waals surface area (Å²) in [6, 6.07) is 4.89. The third-order valence-electron chi connectivity index (χ3n) is 2.42. The van der Waals surface area contributed by atoms with Crippen molar-refractivity contribution in [2.75, 3.05) is 0 Å². The zero-order valence-electron chi connectivity index (χ0n) is 11.5. The first-order valence-electron chi connectivity index (χ1n) is 6.10. The van der Waals surface area contributed by atoms with Crippen molar-refractivity contribution >= 4 is 12.4 Å². The lowest BCUT2D eigenvalue weighted by Crippen LogP contribution is -2.28. The molecular weight excluding hydrogens is 258 g/mol. The highest BCUT2D eigenvalue weighted by Crippen LogP contribution is 2.20. The second-order valence-corrected chi connectivity index (χ2v) is 5.17. The Hall–Kier alpha value is -2.50. The van der Waals surface area contributed by atoms with E-state index >= 15 is 0 Å². The first kappa shape index (κ1) is 13.9. The topological polar surface area (TPSA) is 74.1 Å². The van der Waals surface area contributed by atoms with Crippen LogP contribution >= 0.6 is 0 Å². The number of carbonyl (C=O) groups excluding carboxylic acids is 2. The zero-order valence-corrected chi connectivity index (χ0v) is 11.5. The van der Waals surface area contributed by atoms with Crippen molar-refractivity contribution in [3.63, 3.8) is 0 Å². The highest BCUT2D eigenvalue weighted by atomic mass is 16.6. The summed E-state index contributed by atoms with van der Waals surface area (Å²) in [7, 11) is 0. The van der Waals surface area contributed by atoms with Crippen LogP contribution in [0.1, 0.15) is 31.1 Å². The normalized spacial score (nSPS) is 11.2. The minimum Gasteiger partial charge on any atom is -0.442 e. The molecule has 0 aromatic carbocycles. The third-order valence-corrected chi connectivity index (χ3v) is 2.42. The Morgan fingerprint density at radius 2 is 2.05 bits per heavy atom. The molecule has 0 aliphatic heterocycles. The molecule has 0 saturated heterocycles. The van der Waals surface area contributed by atoms with Crippen molar-refractivity contribution < 1.29 is 14.3 Å². The first-order chi connectivity index (χ1) is 9.42. The average molecular weight is 273 g/mol. The quantitative estimate of drug-likeness (QED) is 0.786. The van der Waals surface area contributed by atoms with Gasteiger partial charge in [0.2, 0.25) is 0 Å². The molecular formula is C14H15N3O3. The van der Waals surface area contributed by atoms with Crippen molar-refractivity contribution in [1.82, 2.24) is 14.8 Å². The van der Waals surface area contributed by atoms with Crippen LogP contribution in [0.4, 0.5) is 4.79 Å². The summed E-state index contributed by atoms with van der Waals surface area (Å²) in [4.78, 5) is 27.3. The summed E-state index contributed by atoms with van der Waals surface area (Å²) >= 11 is 0. The maximum Gasteiger partial charge on any atom is 0.435 e. The lowest BCUT2D eigenvalue weighted by molar-refractivity contribution is 0.0517. The van der Waals surface area contributed by atoms with Crippen molar-refractivity contribution in [1.29, 1.82) is 0 Å². The number of rotatable bonds is 2. The third kappa shape index (κ3) is 2.90. The van der Waals surface area contributed by atoms with Crippen LogP contribution in [0.3, 0.4) is 0 Å². The highest BCUT2D eigenvalue weighted by molar-refractivity contribution is 5.87. The molecule has 0 bridgehead atoms. The van der Waals surface area contributed by atoms with E-state index < -0.39 is 11.7 Å². The Labute approximate surface area is 116 Å². The molecule has 0 spiro atoms. The predicted octanol–water partition coefficient (Wildman–Crippen LogP) is 2.54. The van der Waals surface area contributed by atoms with E-state index in [0.717, 1.165) is 4.68 Å². The van der Waals surface area contributed by atoms with Gasteiger partial charge in [0, 0.05) is 11.8 Å². The molecule has 0 fully saturated rings. The van der Waals surface area contributed by atoms with Gasteiger partial charge in [-0.05, 0) is 39.0 Å². The summed E-state index contributed by atoms with van der Waals surface area (Å²) in [6.45, 7) is 5.31. The molecule has 2 aromatic heterocycles. The van der Waals surface area contributed by atoms with Crippen molar-refractivity contribution in [2.45, 2.75) is 26.4 Å². The molecule has 104 valence electrons. The molecule has 0 saturated carbocycles. The molecule has 2 aromatic rings. The lowest BCUT2D eigenvalue weighted by Gasteiger charge is -2.19. The number of hydrogen-bond donors (Lipinski definition) is 0. The maximum atomic E-state index is 12.1. The van der Waals surface area contributed by atoms with Gasteiger partial charge in [0.25, 0.3) is 0 Å². The van der Waals surface area contributed by atoms with Crippen LogP contribution in [0, 0.1) is 0 Å². The molecule has 20 heavy (non-hydrogen) atoms. The van der Waals surface area contributed by atoms with E-state index in [4.69, 9.17) is 4.74 Å². The fourth-order valence-corrected chi connectivity index (χ4v) is 1.66. The van der Waals surface area contributed by atoms with Crippen LogP contribution in [0.5, 0.6) is 0 Å². The standard InChI is InChI=1S/C14H15N3O3/c1-14(2,3)20-13(19)17-11(6-8-16-17)12-10(9-18)5-4-7-15-12/h4-9H,1-3H3. The molecule has 6 nitrogen and oxygen atoms in total. The van der Waals surface area contributed by atoms with E-state index in [1.807, 2.05) is 0 Å². The van der Waals surface area contributed by atoms with Crippen LogP contribution in [0.15, 0.2) is 30.6 Å². The number of aldehydes is 1. The monoisotopic (exact) mass is 273 g/mol. The van der Waals surface area contributed by atoms with Crippen LogP contribution in [0.2, 0.25) is 0 Å². The molecule has 2 rings (SSSR count). The van der Waals surface area contributed by atoms with E-state index in [0.29, 0.717) is 23.2 Å². The van der Waals surface area contributed by atoms with Crippen molar-refractivity contribution in [3.8, 4) is 11.4 Å². The minimum absolute atomic E-state index is 0.387. The molecule has 2 heterocycles. The van der Waals surface area contributed by atoms with Crippen LogP contribution < -0.4 is 0 Å². The zero-order chi connectivity index (χ0) is 14.8. The van der Waals surface area contributed by atoms with Gasteiger partial charge in [-0.2, -0.15) is 9.78 Å². The summed E-state index contributed by atoms with van der Waals surface area (Å²) < 4.78 is 6.36. The molecule has 0 unspecified atom stereocenters. The summed E-state index contributed by atoms with van der Waals surface area (Å²) in [6.07, 6.45) is 3.09. The smallest absolute Gasteiger partial charge is 0.435 e. The van der Waals surface area contributed by atoms with Crippen molar-refractivity contribution in [3.05, 3.63) is 36.2 Å². The predicted molar refractivity (Wildman–Crippen MR) is 72.5 cm³/mol. The molecule has 0 radical (unpaired) electrons. The Morgan fingerprint density at radius 1 is 1.30 bits per heavy atom. The van der Waals surface area contributed by atoms with Crippen LogP contribution in [-0.2, 0) is 4.74 Å². The van der Waals surface area contributed by atoms with Gasteiger partial charge < -0.3 is 4.74 Å². The number of nitrogens with zero attached hydrogens (tertiary/aromatic N) is 3. The lowest BCUT2D eigenvalue weighted by atomic mass is 10.1. The number of pyridine rings is 1. The Bertz CT molecular complexity index is 641. The molecule has 0 amide bonds. The molecule has 0 atom stereocenters. The van der Waals surface area contributed by atoms with Gasteiger partial charge in [-0.3, -0.25) is 9.78 Å². The van der Waals surface area contributed by atoms with Gasteiger partial charge in [-0.25, -0.2) is 4.79 Å². The van der Waals surface area contributed by atoms with E-state index in [9.17, 15) is 9.59 Å². The molecule has 0 aliphatic rings. The largest absolute Gasteiger partial charge is 0.442 e. The van der Waals surface area contributed by atoms with E-state index in [1.54, 1.807) is 45.2 Å². The van der Waals surface area contributed by atoms with E-state index in [2.05, 4.69) is 10.1 Å². The molecule has 0 N–H and O–H groups in total. The fraction of sp³-hybridized carbons (Fsp3) is 0.286. The fourth-order valence-electron chi connectivity index (χ4n) is 1.66. The maximum absolute atomic E-state index is 12.1. The van der Waals surface area contributed by atoms with Gasteiger partial charge in [0.1, 0.15) is 5.60 Å². The second-order valence-electron chi connectivity index (χ2n) is 5.17.